The van der Waals surface area contributed by atoms with Crippen molar-refractivity contribution in [3.05, 3.63) is 65.1 Å². The summed E-state index contributed by atoms with van der Waals surface area (Å²) in [5.74, 6) is -0.403. The van der Waals surface area contributed by atoms with Gasteiger partial charge in [-0.2, -0.15) is 0 Å². The molecule has 0 radical (unpaired) electrons. The molecule has 2 N–H and O–H groups in total. The molecule has 19 heavy (non-hydrogen) atoms. The van der Waals surface area contributed by atoms with E-state index in [4.69, 9.17) is 11.6 Å². The van der Waals surface area contributed by atoms with Crippen LogP contribution in [0.15, 0.2) is 48.7 Å². The number of anilines is 1. The lowest BCUT2D eigenvalue weighted by molar-refractivity contribution is 0.628. The van der Waals surface area contributed by atoms with Crippen LogP contribution in [0.5, 0.6) is 0 Å². The summed E-state index contributed by atoms with van der Waals surface area (Å²) in [5, 5.41) is 4.55. The van der Waals surface area contributed by atoms with Crippen LogP contribution in [0.4, 0.5) is 10.1 Å². The van der Waals surface area contributed by atoms with E-state index >= 15 is 0 Å². The summed E-state index contributed by atoms with van der Waals surface area (Å²) in [6, 6.07) is 12.7. The largest absolute Gasteiger partial charge is 0.381 e. The summed E-state index contributed by atoms with van der Waals surface area (Å²) in [4.78, 5) is 3.22. The van der Waals surface area contributed by atoms with E-state index in [2.05, 4.69) is 16.4 Å². The molecular weight excluding hydrogens is 263 g/mol. The first-order valence-electron chi connectivity index (χ1n) is 5.98. The minimum atomic E-state index is -0.403. The van der Waals surface area contributed by atoms with Gasteiger partial charge in [-0.1, -0.05) is 29.8 Å². The maximum absolute atomic E-state index is 13.1. The average Bonchev–Trinajstić information content (AvgIpc) is 2.83. The van der Waals surface area contributed by atoms with Gasteiger partial charge in [-0.05, 0) is 29.8 Å². The monoisotopic (exact) mass is 274 g/mol. The van der Waals surface area contributed by atoms with Crippen molar-refractivity contribution in [3.8, 4) is 0 Å². The molecule has 0 bridgehead atoms. The van der Waals surface area contributed by atoms with E-state index in [-0.39, 0.29) is 5.02 Å². The highest BCUT2D eigenvalue weighted by Gasteiger charge is 2.04. The maximum atomic E-state index is 13.1. The van der Waals surface area contributed by atoms with Crippen molar-refractivity contribution in [2.24, 2.45) is 0 Å². The Hall–Kier alpha value is -2.00. The van der Waals surface area contributed by atoms with Gasteiger partial charge in [0.15, 0.2) is 0 Å². The first-order chi connectivity index (χ1) is 9.24. The first kappa shape index (κ1) is 12.1. The fourth-order valence-electron chi connectivity index (χ4n) is 2.08. The second-order valence-corrected chi connectivity index (χ2v) is 4.75. The molecule has 96 valence electrons. The zero-order chi connectivity index (χ0) is 13.2. The quantitative estimate of drug-likeness (QED) is 0.719. The van der Waals surface area contributed by atoms with Gasteiger partial charge in [0, 0.05) is 29.3 Å². The molecule has 0 fully saturated rings. The van der Waals surface area contributed by atoms with Gasteiger partial charge in [0.05, 0.1) is 5.02 Å². The van der Waals surface area contributed by atoms with Crippen molar-refractivity contribution in [2.75, 3.05) is 5.32 Å². The average molecular weight is 275 g/mol. The molecule has 1 heterocycles. The van der Waals surface area contributed by atoms with Gasteiger partial charge in [0.2, 0.25) is 0 Å². The zero-order valence-electron chi connectivity index (χ0n) is 10.1. The fourth-order valence-corrected chi connectivity index (χ4v) is 2.26. The Morgan fingerprint density at radius 3 is 2.84 bits per heavy atom. The summed E-state index contributed by atoms with van der Waals surface area (Å²) >= 11 is 5.75. The Morgan fingerprint density at radius 1 is 1.16 bits per heavy atom. The molecule has 0 spiro atoms. The summed E-state index contributed by atoms with van der Waals surface area (Å²) in [6.45, 7) is 0.659. The number of H-pyrrole nitrogens is 1. The zero-order valence-corrected chi connectivity index (χ0v) is 10.8. The van der Waals surface area contributed by atoms with Gasteiger partial charge < -0.3 is 10.3 Å². The second-order valence-electron chi connectivity index (χ2n) is 4.34. The number of hydrogen-bond donors (Lipinski definition) is 2. The molecule has 0 atom stereocenters. The highest BCUT2D eigenvalue weighted by atomic mass is 35.5. The van der Waals surface area contributed by atoms with E-state index < -0.39 is 5.82 Å². The number of aromatic nitrogens is 1. The number of aromatic amines is 1. The van der Waals surface area contributed by atoms with Crippen molar-refractivity contribution in [3.63, 3.8) is 0 Å². The van der Waals surface area contributed by atoms with Crippen LogP contribution in [-0.4, -0.2) is 4.98 Å². The number of benzene rings is 2. The van der Waals surface area contributed by atoms with Crippen LogP contribution < -0.4 is 5.32 Å². The lowest BCUT2D eigenvalue weighted by Gasteiger charge is -2.06. The molecule has 0 unspecified atom stereocenters. The minimum absolute atomic E-state index is 0.129. The Bertz CT molecular complexity index is 721. The predicted molar refractivity (Wildman–Crippen MR) is 77.0 cm³/mol. The van der Waals surface area contributed by atoms with Crippen LogP contribution >= 0.6 is 11.6 Å². The molecule has 0 saturated carbocycles. The molecule has 0 aliphatic heterocycles. The van der Waals surface area contributed by atoms with Crippen LogP contribution in [0.25, 0.3) is 10.9 Å². The standard InChI is InChI=1S/C15H12ClFN2/c16-13-7-11(5-6-14(13)17)18-8-10-9-19-15-4-2-1-3-12(10)15/h1-7,9,18-19H,8H2. The van der Waals surface area contributed by atoms with E-state index in [0.717, 1.165) is 16.8 Å². The van der Waals surface area contributed by atoms with Gasteiger partial charge in [0.25, 0.3) is 0 Å². The summed E-state index contributed by atoms with van der Waals surface area (Å²) in [7, 11) is 0. The Balaban J connectivity index is 1.80. The van der Waals surface area contributed by atoms with E-state index in [0.29, 0.717) is 6.54 Å². The molecule has 3 aromatic rings. The lowest BCUT2D eigenvalue weighted by Crippen LogP contribution is -1.98. The molecular formula is C15H12ClFN2. The Kier molecular flexibility index (Phi) is 3.13. The van der Waals surface area contributed by atoms with Crippen molar-refractivity contribution in [1.82, 2.24) is 4.98 Å². The van der Waals surface area contributed by atoms with Gasteiger partial charge >= 0.3 is 0 Å². The number of para-hydroxylation sites is 1. The van der Waals surface area contributed by atoms with Crippen LogP contribution in [0.2, 0.25) is 5.02 Å². The maximum Gasteiger partial charge on any atom is 0.141 e. The Morgan fingerprint density at radius 2 is 2.00 bits per heavy atom. The summed E-state index contributed by atoms with van der Waals surface area (Å²) in [6.07, 6.45) is 1.97. The van der Waals surface area contributed by atoms with Gasteiger partial charge in [0.1, 0.15) is 5.82 Å². The number of halogens is 2. The van der Waals surface area contributed by atoms with Gasteiger partial charge in [-0.25, -0.2) is 4.39 Å². The molecule has 0 saturated heterocycles. The van der Waals surface area contributed by atoms with Gasteiger partial charge in [-0.3, -0.25) is 0 Å². The first-order valence-corrected chi connectivity index (χ1v) is 6.36. The smallest absolute Gasteiger partial charge is 0.141 e. The number of rotatable bonds is 3. The van der Waals surface area contributed by atoms with Crippen molar-refractivity contribution in [2.45, 2.75) is 6.54 Å². The SMILES string of the molecule is Fc1ccc(NCc2c[nH]c3ccccc23)cc1Cl. The van der Waals surface area contributed by atoms with Crippen molar-refractivity contribution < 1.29 is 4.39 Å². The third-order valence-corrected chi connectivity index (χ3v) is 3.37. The minimum Gasteiger partial charge on any atom is -0.381 e. The topological polar surface area (TPSA) is 27.8 Å². The van der Waals surface area contributed by atoms with Crippen molar-refractivity contribution >= 4 is 28.2 Å². The van der Waals surface area contributed by atoms with E-state index in [1.807, 2.05) is 24.4 Å². The van der Waals surface area contributed by atoms with E-state index in [9.17, 15) is 4.39 Å². The molecule has 3 rings (SSSR count). The molecule has 1 aromatic heterocycles. The molecule has 2 aromatic carbocycles. The molecule has 0 amide bonds. The predicted octanol–water partition coefficient (Wildman–Crippen LogP) is 4.57. The van der Waals surface area contributed by atoms with Crippen LogP contribution in [-0.2, 0) is 6.54 Å². The van der Waals surface area contributed by atoms with E-state index in [1.165, 1.54) is 11.5 Å². The highest BCUT2D eigenvalue weighted by molar-refractivity contribution is 6.31. The second kappa shape index (κ2) is 4.94. The third kappa shape index (κ3) is 2.42. The number of nitrogens with one attached hydrogen (secondary N) is 2. The summed E-state index contributed by atoms with van der Waals surface area (Å²) < 4.78 is 13.1. The normalized spacial score (nSPS) is 10.8. The number of hydrogen-bond acceptors (Lipinski definition) is 1. The van der Waals surface area contributed by atoms with Crippen molar-refractivity contribution in [1.29, 1.82) is 0 Å². The van der Waals surface area contributed by atoms with Gasteiger partial charge in [-0.15, -0.1) is 0 Å². The molecule has 4 heteroatoms. The van der Waals surface area contributed by atoms with Crippen LogP contribution in [0, 0.1) is 5.82 Å². The summed E-state index contributed by atoms with van der Waals surface area (Å²) in [5.41, 5.74) is 3.07. The Labute approximate surface area is 115 Å². The van der Waals surface area contributed by atoms with Crippen LogP contribution in [0.1, 0.15) is 5.56 Å². The number of fused-ring (bicyclic) bond motifs is 1. The lowest BCUT2D eigenvalue weighted by atomic mass is 10.2. The van der Waals surface area contributed by atoms with E-state index in [1.54, 1.807) is 12.1 Å². The fraction of sp³-hybridized carbons (Fsp3) is 0.0667. The molecule has 0 aliphatic rings. The molecule has 2 nitrogen and oxygen atoms in total. The highest BCUT2D eigenvalue weighted by Crippen LogP contribution is 2.22. The third-order valence-electron chi connectivity index (χ3n) is 3.08. The van der Waals surface area contributed by atoms with Crippen LogP contribution in [0.3, 0.4) is 0 Å². The molecule has 0 aliphatic carbocycles.